The molecule has 2 aromatic rings. The van der Waals surface area contributed by atoms with Gasteiger partial charge in [-0.25, -0.2) is 14.2 Å². The number of fused-ring (bicyclic) bond motifs is 1. The maximum atomic E-state index is 14.5. The maximum Gasteiger partial charge on any atom is 0.317 e. The number of benzodiazepines with no additional fused rings is 1. The van der Waals surface area contributed by atoms with Gasteiger partial charge in [0.1, 0.15) is 5.82 Å². The van der Waals surface area contributed by atoms with Crippen LogP contribution in [0.3, 0.4) is 0 Å². The average Bonchev–Trinajstić information content (AvgIpc) is 2.78. The molecule has 2 aromatic carbocycles. The summed E-state index contributed by atoms with van der Waals surface area (Å²) in [5, 5.41) is 5.18. The topological polar surface area (TPSA) is 73.8 Å². The molecule has 3 rings (SSSR count). The Hall–Kier alpha value is -2.87. The summed E-state index contributed by atoms with van der Waals surface area (Å²) in [5.74, 6) is -0.464. The Balaban J connectivity index is 2.09. The number of halogens is 1. The van der Waals surface area contributed by atoms with Crippen LogP contribution >= 0.6 is 11.8 Å². The van der Waals surface area contributed by atoms with E-state index in [1.54, 1.807) is 49.5 Å². The minimum Gasteiger partial charge on any atom is -0.329 e. The Bertz CT molecular complexity index is 903. The number of nitrogens with zero attached hydrogens (tertiary/aromatic N) is 2. The maximum absolute atomic E-state index is 14.5. The van der Waals surface area contributed by atoms with Crippen molar-refractivity contribution in [2.45, 2.75) is 6.17 Å². The number of anilines is 1. The third-order valence-electron chi connectivity index (χ3n) is 4.12. The molecule has 1 atom stereocenters. The van der Waals surface area contributed by atoms with Gasteiger partial charge in [0.15, 0.2) is 0 Å². The summed E-state index contributed by atoms with van der Waals surface area (Å²) < 4.78 is 14.5. The Morgan fingerprint density at radius 3 is 2.56 bits per heavy atom. The molecule has 3 amide bonds. The molecule has 0 aliphatic carbocycles. The molecule has 1 unspecified atom stereocenters. The van der Waals surface area contributed by atoms with Gasteiger partial charge in [0, 0.05) is 18.2 Å². The fourth-order valence-corrected chi connectivity index (χ4v) is 3.07. The van der Waals surface area contributed by atoms with Gasteiger partial charge >= 0.3 is 6.03 Å². The van der Waals surface area contributed by atoms with Crippen LogP contribution in [0.1, 0.15) is 11.1 Å². The third kappa shape index (κ3) is 3.95. The summed E-state index contributed by atoms with van der Waals surface area (Å²) in [6.45, 7) is 0. The number of benzene rings is 2. The number of rotatable bonds is 4. The molecule has 27 heavy (non-hydrogen) atoms. The first-order valence-corrected chi connectivity index (χ1v) is 9.65. The predicted octanol–water partition coefficient (Wildman–Crippen LogP) is 2.59. The second-order valence-corrected chi connectivity index (χ2v) is 6.72. The Morgan fingerprint density at radius 2 is 1.85 bits per heavy atom. The fraction of sp³-hybridized carbons (Fsp3) is 0.211. The lowest BCUT2D eigenvalue weighted by atomic mass is 10.00. The highest BCUT2D eigenvalue weighted by atomic mass is 32.2. The molecule has 1 aliphatic rings. The molecule has 0 bridgehead atoms. The van der Waals surface area contributed by atoms with E-state index in [0.29, 0.717) is 22.8 Å². The first kappa shape index (κ1) is 18.9. The molecule has 2 N–H and O–H groups in total. The van der Waals surface area contributed by atoms with E-state index in [4.69, 9.17) is 0 Å². The van der Waals surface area contributed by atoms with Gasteiger partial charge in [0.25, 0.3) is 5.91 Å². The van der Waals surface area contributed by atoms with Gasteiger partial charge in [0.2, 0.25) is 6.17 Å². The third-order valence-corrected chi connectivity index (χ3v) is 4.55. The molecule has 0 radical (unpaired) electrons. The normalized spacial score (nSPS) is 16.3. The van der Waals surface area contributed by atoms with Crippen LogP contribution in [0.25, 0.3) is 0 Å². The molecule has 0 saturated carbocycles. The van der Waals surface area contributed by atoms with Crippen LogP contribution in [0.15, 0.2) is 53.5 Å². The summed E-state index contributed by atoms with van der Waals surface area (Å²) in [7, 11) is 1.61. The van der Waals surface area contributed by atoms with Crippen LogP contribution in [0.4, 0.5) is 14.9 Å². The smallest absolute Gasteiger partial charge is 0.317 e. The van der Waals surface area contributed by atoms with Crippen LogP contribution in [0.2, 0.25) is 0 Å². The molecule has 0 spiro atoms. The van der Waals surface area contributed by atoms with Gasteiger partial charge < -0.3 is 15.5 Å². The molecule has 0 fully saturated rings. The van der Waals surface area contributed by atoms with E-state index in [0.717, 1.165) is 0 Å². The van der Waals surface area contributed by atoms with Gasteiger partial charge in [-0.1, -0.05) is 30.3 Å². The first-order chi connectivity index (χ1) is 13.0. The number of urea groups is 1. The summed E-state index contributed by atoms with van der Waals surface area (Å²) in [5.41, 5.74) is 1.80. The SMILES string of the molecule is CSCNC(=O)NC1N=C(c2ccccc2F)c2ccccc2N(C)C1=O. The number of hydrogen-bond donors (Lipinski definition) is 2. The molecular formula is C19H19FN4O2S. The van der Waals surface area contributed by atoms with Gasteiger partial charge in [-0.2, -0.15) is 0 Å². The van der Waals surface area contributed by atoms with Gasteiger partial charge in [0.05, 0.1) is 17.3 Å². The number of amides is 3. The van der Waals surface area contributed by atoms with E-state index < -0.39 is 23.9 Å². The first-order valence-electron chi connectivity index (χ1n) is 8.26. The highest BCUT2D eigenvalue weighted by molar-refractivity contribution is 7.98. The zero-order valence-corrected chi connectivity index (χ0v) is 15.7. The summed E-state index contributed by atoms with van der Waals surface area (Å²) >= 11 is 1.43. The largest absolute Gasteiger partial charge is 0.329 e. The molecular weight excluding hydrogens is 367 g/mol. The zero-order chi connectivity index (χ0) is 19.4. The van der Waals surface area contributed by atoms with Crippen LogP contribution < -0.4 is 15.5 Å². The Kier molecular flexibility index (Phi) is 5.75. The minimum atomic E-state index is -1.17. The second kappa shape index (κ2) is 8.22. The summed E-state index contributed by atoms with van der Waals surface area (Å²) in [6.07, 6.45) is 0.675. The van der Waals surface area contributed by atoms with E-state index in [-0.39, 0.29) is 5.56 Å². The van der Waals surface area contributed by atoms with Crippen molar-refractivity contribution in [2.75, 3.05) is 24.1 Å². The molecule has 8 heteroatoms. The molecule has 1 heterocycles. The Morgan fingerprint density at radius 1 is 1.19 bits per heavy atom. The van der Waals surface area contributed by atoms with Gasteiger partial charge in [-0.15, -0.1) is 11.8 Å². The number of hydrogen-bond acceptors (Lipinski definition) is 4. The highest BCUT2D eigenvalue weighted by Crippen LogP contribution is 2.27. The summed E-state index contributed by atoms with van der Waals surface area (Å²) in [4.78, 5) is 30.8. The van der Waals surface area contributed by atoms with Crippen LogP contribution in [-0.4, -0.2) is 43.0 Å². The van der Waals surface area contributed by atoms with E-state index in [9.17, 15) is 14.0 Å². The van der Waals surface area contributed by atoms with Crippen molar-refractivity contribution in [2.24, 2.45) is 4.99 Å². The average molecular weight is 386 g/mol. The van der Waals surface area contributed by atoms with Crippen molar-refractivity contribution in [3.63, 3.8) is 0 Å². The van der Waals surface area contributed by atoms with Gasteiger partial charge in [-0.05, 0) is 24.5 Å². The number of carbonyl (C=O) groups excluding carboxylic acids is 2. The Labute approximate surface area is 160 Å². The molecule has 1 aliphatic heterocycles. The van der Waals surface area contributed by atoms with Crippen molar-refractivity contribution in [3.8, 4) is 0 Å². The van der Waals surface area contributed by atoms with Crippen LogP contribution in [0, 0.1) is 5.82 Å². The van der Waals surface area contributed by atoms with Crippen molar-refractivity contribution in [3.05, 3.63) is 65.5 Å². The number of nitrogens with one attached hydrogen (secondary N) is 2. The number of thioether (sulfide) groups is 1. The minimum absolute atomic E-state index is 0.268. The second-order valence-electron chi connectivity index (χ2n) is 5.86. The van der Waals surface area contributed by atoms with Crippen molar-refractivity contribution in [1.29, 1.82) is 0 Å². The number of likely N-dealkylation sites (N-methyl/N-ethyl adjacent to an activating group) is 1. The van der Waals surface area contributed by atoms with Crippen LogP contribution in [0.5, 0.6) is 0 Å². The van der Waals surface area contributed by atoms with Crippen molar-refractivity contribution >= 4 is 35.1 Å². The number of carbonyl (C=O) groups is 2. The van der Waals surface area contributed by atoms with Gasteiger partial charge in [-0.3, -0.25) is 4.79 Å². The summed E-state index contributed by atoms with van der Waals surface area (Å²) in [6, 6.07) is 12.8. The molecule has 0 aromatic heterocycles. The number of para-hydroxylation sites is 1. The van der Waals surface area contributed by atoms with Crippen molar-refractivity contribution < 1.29 is 14.0 Å². The predicted molar refractivity (Wildman–Crippen MR) is 106 cm³/mol. The lowest BCUT2D eigenvalue weighted by molar-refractivity contribution is -0.119. The molecule has 6 nitrogen and oxygen atoms in total. The standard InChI is InChI=1S/C19H19FN4O2S/c1-24-15-10-6-4-8-13(15)16(12-7-3-5-9-14(12)20)22-17(18(24)25)23-19(26)21-11-27-2/h3-10,17H,11H2,1-2H3,(H2,21,23,26). The molecule has 140 valence electrons. The quantitative estimate of drug-likeness (QED) is 0.794. The monoisotopic (exact) mass is 386 g/mol. The van der Waals surface area contributed by atoms with Crippen LogP contribution in [-0.2, 0) is 4.79 Å². The number of aliphatic imine (C=N–C) groups is 1. The van der Waals surface area contributed by atoms with E-state index in [1.165, 1.54) is 22.7 Å². The highest BCUT2D eigenvalue weighted by Gasteiger charge is 2.31. The zero-order valence-electron chi connectivity index (χ0n) is 14.9. The van der Waals surface area contributed by atoms with E-state index in [1.807, 2.05) is 6.26 Å². The van der Waals surface area contributed by atoms with Crippen molar-refractivity contribution in [1.82, 2.24) is 10.6 Å². The van der Waals surface area contributed by atoms with E-state index in [2.05, 4.69) is 15.6 Å². The molecule has 0 saturated heterocycles. The fourth-order valence-electron chi connectivity index (χ4n) is 2.80. The lowest BCUT2D eigenvalue weighted by Crippen LogP contribution is -2.49. The van der Waals surface area contributed by atoms with E-state index >= 15 is 0 Å². The lowest BCUT2D eigenvalue weighted by Gasteiger charge is -2.20.